The minimum absolute atomic E-state index is 0.0405. The Balaban J connectivity index is 1.51. The molecule has 1 amide bonds. The molecule has 1 N–H and O–H groups in total. The molecule has 120 valence electrons. The van der Waals surface area contributed by atoms with E-state index in [1.165, 1.54) is 17.1 Å². The molecular formula is C17H14N4O2S. The largest absolute Gasteiger partial charge is 0.291 e. The van der Waals surface area contributed by atoms with Crippen molar-refractivity contribution in [2.24, 2.45) is 5.10 Å². The predicted molar refractivity (Wildman–Crippen MR) is 93.2 cm³/mol. The van der Waals surface area contributed by atoms with Gasteiger partial charge in [-0.15, -0.1) is 11.3 Å². The van der Waals surface area contributed by atoms with Crippen LogP contribution in [-0.4, -0.2) is 27.9 Å². The van der Waals surface area contributed by atoms with Crippen LogP contribution in [0.3, 0.4) is 0 Å². The van der Waals surface area contributed by atoms with Gasteiger partial charge in [0.15, 0.2) is 5.82 Å². The fourth-order valence-electron chi connectivity index (χ4n) is 2.11. The highest BCUT2D eigenvalue weighted by Crippen LogP contribution is 2.23. The molecule has 0 saturated heterocycles. The first-order valence-corrected chi connectivity index (χ1v) is 8.20. The first-order chi connectivity index (χ1) is 11.7. The fraction of sp³-hybridized carbons (Fsp3) is 0.118. The maximum Gasteiger partial charge on any atom is 0.240 e. The summed E-state index contributed by atoms with van der Waals surface area (Å²) in [5.74, 6) is -0.466. The molecule has 0 spiro atoms. The topological polar surface area (TPSA) is 84.3 Å². The number of hydrazone groups is 1. The summed E-state index contributed by atoms with van der Waals surface area (Å²) in [5.41, 5.74) is 3.38. The van der Waals surface area contributed by atoms with Gasteiger partial charge in [-0.25, -0.2) is 15.4 Å². The van der Waals surface area contributed by atoms with Crippen LogP contribution < -0.4 is 5.43 Å². The second-order valence-corrected chi connectivity index (χ2v) is 5.89. The van der Waals surface area contributed by atoms with E-state index in [4.69, 9.17) is 0 Å². The third kappa shape index (κ3) is 3.88. The Morgan fingerprint density at radius 1 is 1.12 bits per heavy atom. The minimum Gasteiger partial charge on any atom is -0.291 e. The molecule has 24 heavy (non-hydrogen) atoms. The number of ketones is 1. The van der Waals surface area contributed by atoms with Gasteiger partial charge in [0.25, 0.3) is 0 Å². The molecule has 0 aliphatic rings. The van der Waals surface area contributed by atoms with E-state index in [-0.39, 0.29) is 30.4 Å². The molecule has 0 aliphatic heterocycles. The fourth-order valence-corrected chi connectivity index (χ4v) is 3.02. The van der Waals surface area contributed by atoms with E-state index in [1.807, 2.05) is 29.6 Å². The van der Waals surface area contributed by atoms with Gasteiger partial charge in [0.2, 0.25) is 11.7 Å². The summed E-state index contributed by atoms with van der Waals surface area (Å²) in [6.45, 7) is 0. The number of benzene rings is 1. The number of aromatic nitrogens is 2. The summed E-state index contributed by atoms with van der Waals surface area (Å²) >= 11 is 1.62. The molecule has 1 aromatic carbocycles. The van der Waals surface area contributed by atoms with E-state index < -0.39 is 0 Å². The van der Waals surface area contributed by atoms with Crippen molar-refractivity contribution in [1.29, 1.82) is 0 Å². The average molecular weight is 338 g/mol. The number of nitrogens with one attached hydrogen (secondary N) is 1. The first kappa shape index (κ1) is 15.9. The molecule has 0 unspecified atom stereocenters. The van der Waals surface area contributed by atoms with Gasteiger partial charge in [-0.05, 0) is 12.1 Å². The lowest BCUT2D eigenvalue weighted by Gasteiger charge is -1.99. The van der Waals surface area contributed by atoms with Gasteiger partial charge < -0.3 is 0 Å². The van der Waals surface area contributed by atoms with Crippen LogP contribution in [0, 0.1) is 0 Å². The van der Waals surface area contributed by atoms with Crippen molar-refractivity contribution in [3.63, 3.8) is 0 Å². The summed E-state index contributed by atoms with van der Waals surface area (Å²) in [4.78, 5) is 31.3. The van der Waals surface area contributed by atoms with Crippen LogP contribution in [0.25, 0.3) is 10.1 Å². The van der Waals surface area contributed by atoms with E-state index in [9.17, 15) is 9.59 Å². The van der Waals surface area contributed by atoms with Crippen LogP contribution in [0.4, 0.5) is 0 Å². The van der Waals surface area contributed by atoms with Gasteiger partial charge in [0.1, 0.15) is 0 Å². The number of rotatable bonds is 6. The van der Waals surface area contributed by atoms with E-state index >= 15 is 0 Å². The number of carbonyl (C=O) groups is 2. The minimum atomic E-state index is -0.324. The zero-order valence-electron chi connectivity index (χ0n) is 12.7. The molecular weight excluding hydrogens is 324 g/mol. The van der Waals surface area contributed by atoms with Crippen LogP contribution in [0.5, 0.6) is 0 Å². The van der Waals surface area contributed by atoms with Crippen molar-refractivity contribution in [2.45, 2.75) is 12.8 Å². The van der Waals surface area contributed by atoms with E-state index in [0.29, 0.717) is 0 Å². The van der Waals surface area contributed by atoms with E-state index in [0.717, 1.165) is 10.9 Å². The smallest absolute Gasteiger partial charge is 0.240 e. The van der Waals surface area contributed by atoms with Crippen LogP contribution in [0.15, 0.2) is 53.2 Å². The van der Waals surface area contributed by atoms with Crippen LogP contribution in [-0.2, 0) is 4.79 Å². The Hall–Kier alpha value is -2.93. The molecule has 7 heteroatoms. The molecule has 3 rings (SSSR count). The van der Waals surface area contributed by atoms with Gasteiger partial charge in [0, 0.05) is 46.3 Å². The van der Waals surface area contributed by atoms with Crippen molar-refractivity contribution in [2.75, 3.05) is 0 Å². The molecule has 3 aromatic rings. The number of carbonyl (C=O) groups excluding carboxylic acids is 2. The summed E-state index contributed by atoms with van der Waals surface area (Å²) in [6, 6.07) is 9.62. The molecule has 0 aliphatic carbocycles. The quantitative estimate of drug-likeness (QED) is 0.425. The second kappa shape index (κ2) is 7.56. The number of fused-ring (bicyclic) bond motifs is 1. The Morgan fingerprint density at radius 2 is 1.92 bits per heavy atom. The van der Waals surface area contributed by atoms with Crippen LogP contribution in [0.2, 0.25) is 0 Å². The van der Waals surface area contributed by atoms with Gasteiger partial charge in [0.05, 0.1) is 6.21 Å². The number of amides is 1. The molecule has 0 saturated carbocycles. The van der Waals surface area contributed by atoms with Crippen molar-refractivity contribution in [3.05, 3.63) is 59.5 Å². The first-order valence-electron chi connectivity index (χ1n) is 7.32. The highest BCUT2D eigenvalue weighted by Gasteiger charge is 2.10. The lowest BCUT2D eigenvalue weighted by atomic mass is 10.2. The summed E-state index contributed by atoms with van der Waals surface area (Å²) in [5, 5.41) is 7.03. The van der Waals surface area contributed by atoms with Crippen molar-refractivity contribution in [1.82, 2.24) is 15.4 Å². The second-order valence-electron chi connectivity index (χ2n) is 4.98. The molecule has 2 heterocycles. The molecule has 0 fully saturated rings. The summed E-state index contributed by atoms with van der Waals surface area (Å²) in [6.07, 6.45) is 4.69. The van der Waals surface area contributed by atoms with Crippen LogP contribution >= 0.6 is 11.3 Å². The molecule has 0 bridgehead atoms. The number of thiophene rings is 1. The monoisotopic (exact) mass is 338 g/mol. The van der Waals surface area contributed by atoms with Gasteiger partial charge in [-0.2, -0.15) is 5.10 Å². The third-order valence-corrected chi connectivity index (χ3v) is 4.28. The Kier molecular flexibility index (Phi) is 5.02. The number of hydrogen-bond donors (Lipinski definition) is 1. The maximum absolute atomic E-state index is 11.8. The zero-order chi connectivity index (χ0) is 16.8. The standard InChI is InChI=1S/C17H14N4O2S/c22-14(17-18-8-3-9-19-17)6-7-16(23)21-20-10-12-11-24-15-5-2-1-4-13(12)15/h1-5,8-11H,6-7H2,(H,21,23)/b20-10+. The lowest BCUT2D eigenvalue weighted by molar-refractivity contribution is -0.121. The van der Waals surface area contributed by atoms with Crippen LogP contribution in [0.1, 0.15) is 29.0 Å². The van der Waals surface area contributed by atoms with Crippen molar-refractivity contribution < 1.29 is 9.59 Å². The van der Waals surface area contributed by atoms with Gasteiger partial charge in [-0.3, -0.25) is 9.59 Å². The molecule has 0 radical (unpaired) electrons. The average Bonchev–Trinajstić information content (AvgIpc) is 3.04. The highest BCUT2D eigenvalue weighted by atomic mass is 32.1. The summed E-state index contributed by atoms with van der Waals surface area (Å²) in [7, 11) is 0. The van der Waals surface area contributed by atoms with E-state index in [2.05, 4.69) is 20.5 Å². The summed E-state index contributed by atoms with van der Waals surface area (Å²) < 4.78 is 1.17. The maximum atomic E-state index is 11.8. The van der Waals surface area contributed by atoms with Gasteiger partial charge >= 0.3 is 0 Å². The normalized spacial score (nSPS) is 11.0. The molecule has 0 atom stereocenters. The third-order valence-electron chi connectivity index (χ3n) is 3.30. The lowest BCUT2D eigenvalue weighted by Crippen LogP contribution is -2.19. The molecule has 6 nitrogen and oxygen atoms in total. The predicted octanol–water partition coefficient (Wildman–Crippen LogP) is 2.80. The van der Waals surface area contributed by atoms with Crippen molar-refractivity contribution in [3.8, 4) is 0 Å². The Morgan fingerprint density at radius 3 is 2.75 bits per heavy atom. The number of Topliss-reactive ketones (excluding diaryl/α,β-unsaturated/α-hetero) is 1. The number of nitrogens with zero attached hydrogens (tertiary/aromatic N) is 3. The SMILES string of the molecule is O=C(CCC(=O)c1ncccn1)N/N=C/c1csc2ccccc12. The Bertz CT molecular complexity index is 890. The van der Waals surface area contributed by atoms with Crippen molar-refractivity contribution >= 4 is 39.3 Å². The zero-order valence-corrected chi connectivity index (χ0v) is 13.5. The molecule has 2 aromatic heterocycles. The van der Waals surface area contributed by atoms with Gasteiger partial charge in [-0.1, -0.05) is 18.2 Å². The number of hydrogen-bond acceptors (Lipinski definition) is 6. The highest BCUT2D eigenvalue weighted by molar-refractivity contribution is 7.17. The Labute approximate surface area is 142 Å². The van der Waals surface area contributed by atoms with E-state index in [1.54, 1.807) is 23.6 Å².